The number of carbonyl (C=O) groups is 2. The van der Waals surface area contributed by atoms with Crippen molar-refractivity contribution in [2.24, 2.45) is 0 Å². The first-order valence-corrected chi connectivity index (χ1v) is 7.45. The molecular weight excluding hydrogens is 320 g/mol. The van der Waals surface area contributed by atoms with Crippen LogP contribution >= 0.6 is 11.6 Å². The van der Waals surface area contributed by atoms with Gasteiger partial charge in [0.25, 0.3) is 0 Å². The van der Waals surface area contributed by atoms with Gasteiger partial charge in [-0.1, -0.05) is 11.6 Å². The normalized spacial score (nSPS) is 10.7. The maximum atomic E-state index is 11.4. The van der Waals surface area contributed by atoms with Crippen LogP contribution in [0.4, 0.5) is 0 Å². The minimum atomic E-state index is -0.532. The van der Waals surface area contributed by atoms with Crippen LogP contribution < -0.4 is 14.2 Å². The molecule has 122 valence electrons. The van der Waals surface area contributed by atoms with Crippen molar-refractivity contribution < 1.29 is 23.8 Å². The third kappa shape index (κ3) is 4.13. The van der Waals surface area contributed by atoms with Crippen LogP contribution in [0.25, 0.3) is 10.8 Å². The topological polar surface area (TPSA) is 61.8 Å². The van der Waals surface area contributed by atoms with Crippen LogP contribution in [0.5, 0.6) is 17.2 Å². The molecule has 0 spiro atoms. The van der Waals surface area contributed by atoms with Crippen molar-refractivity contribution in [2.75, 3.05) is 0 Å². The first-order chi connectivity index (χ1) is 10.8. The van der Waals surface area contributed by atoms with Gasteiger partial charge in [0.05, 0.1) is 6.10 Å². The smallest absolute Gasteiger partial charge is 0.308 e. The van der Waals surface area contributed by atoms with Gasteiger partial charge in [0, 0.05) is 35.7 Å². The summed E-state index contributed by atoms with van der Waals surface area (Å²) in [7, 11) is 0. The Hall–Kier alpha value is -2.27. The molecule has 0 aliphatic carbocycles. The van der Waals surface area contributed by atoms with Crippen LogP contribution in [0.1, 0.15) is 27.7 Å². The zero-order valence-corrected chi connectivity index (χ0v) is 14.1. The lowest BCUT2D eigenvalue weighted by Gasteiger charge is -2.17. The van der Waals surface area contributed by atoms with Crippen LogP contribution in [0.2, 0.25) is 5.02 Å². The monoisotopic (exact) mass is 336 g/mol. The highest BCUT2D eigenvalue weighted by Gasteiger charge is 2.19. The lowest BCUT2D eigenvalue weighted by atomic mass is 10.1. The fraction of sp³-hybridized carbons (Fsp3) is 0.294. The van der Waals surface area contributed by atoms with E-state index in [1.165, 1.54) is 19.9 Å². The van der Waals surface area contributed by atoms with Crippen molar-refractivity contribution in [3.05, 3.63) is 29.3 Å². The minimum absolute atomic E-state index is 0.0846. The molecule has 6 heteroatoms. The van der Waals surface area contributed by atoms with E-state index >= 15 is 0 Å². The van der Waals surface area contributed by atoms with Gasteiger partial charge in [-0.2, -0.15) is 0 Å². The van der Waals surface area contributed by atoms with Crippen molar-refractivity contribution in [2.45, 2.75) is 33.8 Å². The van der Waals surface area contributed by atoms with Crippen molar-refractivity contribution in [3.63, 3.8) is 0 Å². The maximum Gasteiger partial charge on any atom is 0.308 e. The second-order valence-electron chi connectivity index (χ2n) is 5.25. The summed E-state index contributed by atoms with van der Waals surface area (Å²) in [5.41, 5.74) is 0. The van der Waals surface area contributed by atoms with E-state index in [0.29, 0.717) is 21.5 Å². The molecule has 0 bridgehead atoms. The van der Waals surface area contributed by atoms with Crippen molar-refractivity contribution in [3.8, 4) is 17.2 Å². The van der Waals surface area contributed by atoms with E-state index < -0.39 is 11.9 Å². The highest BCUT2D eigenvalue weighted by Crippen LogP contribution is 2.43. The van der Waals surface area contributed by atoms with Gasteiger partial charge in [-0.05, 0) is 32.0 Å². The number of hydrogen-bond acceptors (Lipinski definition) is 5. The number of benzene rings is 2. The van der Waals surface area contributed by atoms with Gasteiger partial charge >= 0.3 is 11.9 Å². The number of esters is 2. The molecule has 0 atom stereocenters. The number of ether oxygens (including phenoxy) is 3. The molecule has 2 aromatic carbocycles. The predicted octanol–water partition coefficient (Wildman–Crippen LogP) is 4.13. The second-order valence-corrected chi connectivity index (χ2v) is 5.68. The summed E-state index contributed by atoms with van der Waals surface area (Å²) in [4.78, 5) is 22.8. The predicted molar refractivity (Wildman–Crippen MR) is 87.3 cm³/mol. The first-order valence-electron chi connectivity index (χ1n) is 7.07. The largest absolute Gasteiger partial charge is 0.490 e. The number of halogens is 1. The summed E-state index contributed by atoms with van der Waals surface area (Å²) in [6.45, 7) is 6.30. The Labute approximate surface area is 139 Å². The van der Waals surface area contributed by atoms with Crippen molar-refractivity contribution >= 4 is 34.3 Å². The molecule has 0 unspecified atom stereocenters. The Morgan fingerprint density at radius 3 is 2.17 bits per heavy atom. The molecule has 0 saturated carbocycles. The summed E-state index contributed by atoms with van der Waals surface area (Å²) in [6.07, 6.45) is -0.0846. The number of fused-ring (bicyclic) bond motifs is 1. The number of hydrogen-bond donors (Lipinski definition) is 0. The minimum Gasteiger partial charge on any atom is -0.490 e. The van der Waals surface area contributed by atoms with E-state index in [2.05, 4.69) is 0 Å². The molecule has 0 N–H and O–H groups in total. The van der Waals surface area contributed by atoms with E-state index in [1.54, 1.807) is 18.2 Å². The van der Waals surface area contributed by atoms with Crippen LogP contribution in [0, 0.1) is 0 Å². The lowest BCUT2D eigenvalue weighted by Crippen LogP contribution is -2.10. The average molecular weight is 337 g/mol. The fourth-order valence-electron chi connectivity index (χ4n) is 2.15. The van der Waals surface area contributed by atoms with E-state index in [9.17, 15) is 9.59 Å². The molecule has 2 rings (SSSR count). The third-order valence-electron chi connectivity index (χ3n) is 2.84. The Balaban J connectivity index is 2.77. The molecule has 0 aliphatic heterocycles. The summed E-state index contributed by atoms with van der Waals surface area (Å²) >= 11 is 6.05. The Morgan fingerprint density at radius 1 is 0.957 bits per heavy atom. The van der Waals surface area contributed by atoms with E-state index in [0.717, 1.165) is 0 Å². The number of carbonyl (C=O) groups excluding carboxylic acids is 2. The van der Waals surface area contributed by atoms with Gasteiger partial charge in [0.15, 0.2) is 11.5 Å². The molecular formula is C17H17ClO5. The quantitative estimate of drug-likeness (QED) is 0.620. The highest BCUT2D eigenvalue weighted by molar-refractivity contribution is 6.31. The van der Waals surface area contributed by atoms with Gasteiger partial charge in [-0.15, -0.1) is 0 Å². The molecule has 0 saturated heterocycles. The lowest BCUT2D eigenvalue weighted by molar-refractivity contribution is -0.134. The van der Waals surface area contributed by atoms with Crippen LogP contribution in [0.15, 0.2) is 24.3 Å². The molecule has 0 aliphatic rings. The zero-order valence-electron chi connectivity index (χ0n) is 13.3. The van der Waals surface area contributed by atoms with Gasteiger partial charge < -0.3 is 14.2 Å². The molecule has 0 radical (unpaired) electrons. The van der Waals surface area contributed by atoms with Gasteiger partial charge in [0.2, 0.25) is 0 Å². The Kier molecular flexibility index (Phi) is 5.11. The Bertz CT molecular complexity index is 767. The second kappa shape index (κ2) is 6.87. The van der Waals surface area contributed by atoms with Gasteiger partial charge in [-0.3, -0.25) is 9.59 Å². The molecule has 0 heterocycles. The summed E-state index contributed by atoms with van der Waals surface area (Å²) in [5, 5.41) is 1.69. The third-order valence-corrected chi connectivity index (χ3v) is 3.07. The zero-order chi connectivity index (χ0) is 17.1. The maximum absolute atomic E-state index is 11.4. The number of rotatable bonds is 4. The summed E-state index contributed by atoms with van der Waals surface area (Å²) < 4.78 is 16.2. The summed E-state index contributed by atoms with van der Waals surface area (Å²) in [5.74, 6) is -0.300. The average Bonchev–Trinajstić information content (AvgIpc) is 2.41. The van der Waals surface area contributed by atoms with Crippen molar-refractivity contribution in [1.29, 1.82) is 0 Å². The fourth-order valence-corrected chi connectivity index (χ4v) is 2.32. The Morgan fingerprint density at radius 2 is 1.61 bits per heavy atom. The van der Waals surface area contributed by atoms with Crippen LogP contribution in [0.3, 0.4) is 0 Å². The molecule has 0 aromatic heterocycles. The van der Waals surface area contributed by atoms with Crippen LogP contribution in [-0.2, 0) is 9.59 Å². The molecule has 0 amide bonds. The van der Waals surface area contributed by atoms with Crippen LogP contribution in [-0.4, -0.2) is 18.0 Å². The highest BCUT2D eigenvalue weighted by atomic mass is 35.5. The van der Waals surface area contributed by atoms with Gasteiger partial charge in [-0.25, -0.2) is 0 Å². The van der Waals surface area contributed by atoms with Gasteiger partial charge in [0.1, 0.15) is 5.75 Å². The molecule has 2 aromatic rings. The summed E-state index contributed by atoms with van der Waals surface area (Å²) in [6, 6.07) is 6.64. The molecule has 23 heavy (non-hydrogen) atoms. The standard InChI is InChI=1S/C17H17ClO5/c1-9(2)21-15-8-16(22-10(3)19)17(23-11(4)20)14-7-12(18)5-6-13(14)15/h5-9H,1-4H3. The van der Waals surface area contributed by atoms with E-state index in [-0.39, 0.29) is 17.6 Å². The van der Waals surface area contributed by atoms with E-state index in [4.69, 9.17) is 25.8 Å². The molecule has 0 fully saturated rings. The molecule has 5 nitrogen and oxygen atoms in total. The van der Waals surface area contributed by atoms with E-state index in [1.807, 2.05) is 13.8 Å². The van der Waals surface area contributed by atoms with Crippen molar-refractivity contribution in [1.82, 2.24) is 0 Å². The SMILES string of the molecule is CC(=O)Oc1cc(OC(C)C)c2ccc(Cl)cc2c1OC(C)=O. The first kappa shape index (κ1) is 17.1.